The number of carbonyl (C=O) groups is 2. The summed E-state index contributed by atoms with van der Waals surface area (Å²) in [5.74, 6) is -2.30. The molecular weight excluding hydrogens is 248 g/mol. The molecule has 0 saturated heterocycles. The maximum atomic E-state index is 11.9. The van der Waals surface area contributed by atoms with Crippen LogP contribution in [0.4, 0.5) is 0 Å². The summed E-state index contributed by atoms with van der Waals surface area (Å²) in [6.07, 6.45) is 4.04. The predicted octanol–water partition coefficient (Wildman–Crippen LogP) is 2.00. The van der Waals surface area contributed by atoms with Crippen LogP contribution in [0.3, 0.4) is 0 Å². The molecule has 0 radical (unpaired) electrons. The van der Waals surface area contributed by atoms with Gasteiger partial charge in [0, 0.05) is 8.07 Å². The number of hydrogen-bond donors (Lipinski definition) is 1. The average molecular weight is 268 g/mol. The van der Waals surface area contributed by atoms with Crippen molar-refractivity contribution in [3.8, 4) is 0 Å². The molecule has 0 unspecified atom stereocenters. The Morgan fingerprint density at radius 2 is 1.61 bits per heavy atom. The van der Waals surface area contributed by atoms with Gasteiger partial charge in [-0.3, -0.25) is 9.59 Å². The van der Waals surface area contributed by atoms with Crippen molar-refractivity contribution >= 4 is 20.0 Å². The van der Waals surface area contributed by atoms with E-state index in [1.54, 1.807) is 0 Å². The minimum absolute atomic E-state index is 0.00302. The van der Waals surface area contributed by atoms with Gasteiger partial charge in [0.15, 0.2) is 0 Å². The molecule has 2 bridgehead atoms. The number of carboxylic acids is 1. The molecule has 0 aromatic carbocycles. The summed E-state index contributed by atoms with van der Waals surface area (Å²) in [6, 6.07) is 0. The molecule has 5 heteroatoms. The first kappa shape index (κ1) is 13.3. The number of ether oxygens (including phenoxy) is 1. The van der Waals surface area contributed by atoms with Crippen LogP contribution in [0.15, 0.2) is 12.2 Å². The second kappa shape index (κ2) is 4.22. The molecule has 2 aliphatic rings. The Labute approximate surface area is 108 Å². The summed E-state index contributed by atoms with van der Waals surface area (Å²) in [4.78, 5) is 23.4. The van der Waals surface area contributed by atoms with E-state index < -0.39 is 25.9 Å². The van der Waals surface area contributed by atoms with Gasteiger partial charge in [-0.05, 0) is 17.4 Å². The van der Waals surface area contributed by atoms with Gasteiger partial charge in [-0.1, -0.05) is 31.8 Å². The van der Waals surface area contributed by atoms with Gasteiger partial charge in [-0.15, -0.1) is 0 Å². The second-order valence-electron chi connectivity index (χ2n) is 6.34. The Morgan fingerprint density at radius 1 is 1.11 bits per heavy atom. The lowest BCUT2D eigenvalue weighted by Crippen LogP contribution is -2.33. The van der Waals surface area contributed by atoms with E-state index in [9.17, 15) is 14.7 Å². The van der Waals surface area contributed by atoms with Crippen molar-refractivity contribution in [3.05, 3.63) is 12.2 Å². The summed E-state index contributed by atoms with van der Waals surface area (Å²) >= 11 is 0. The molecule has 0 amide bonds. The van der Waals surface area contributed by atoms with Crippen molar-refractivity contribution in [1.29, 1.82) is 0 Å². The summed E-state index contributed by atoms with van der Waals surface area (Å²) < 4.78 is 4.81. The molecule has 100 valence electrons. The molecule has 1 saturated carbocycles. The Morgan fingerprint density at radius 3 is 2.00 bits per heavy atom. The van der Waals surface area contributed by atoms with Gasteiger partial charge < -0.3 is 9.84 Å². The fraction of sp³-hybridized carbons (Fsp3) is 0.692. The van der Waals surface area contributed by atoms with E-state index in [1.165, 1.54) is 7.11 Å². The van der Waals surface area contributed by atoms with Gasteiger partial charge in [-0.2, -0.15) is 0 Å². The first-order valence-corrected chi connectivity index (χ1v) is 9.85. The van der Waals surface area contributed by atoms with Crippen LogP contribution in [0.2, 0.25) is 25.2 Å². The van der Waals surface area contributed by atoms with Crippen molar-refractivity contribution < 1.29 is 19.4 Å². The van der Waals surface area contributed by atoms with Gasteiger partial charge >= 0.3 is 11.9 Å². The molecule has 1 fully saturated rings. The van der Waals surface area contributed by atoms with Crippen LogP contribution in [-0.4, -0.2) is 32.2 Å². The molecule has 2 aliphatic carbocycles. The highest BCUT2D eigenvalue weighted by atomic mass is 28.3. The zero-order valence-corrected chi connectivity index (χ0v) is 12.2. The zero-order valence-electron chi connectivity index (χ0n) is 11.2. The van der Waals surface area contributed by atoms with Crippen LogP contribution in [0.1, 0.15) is 0 Å². The van der Waals surface area contributed by atoms with Crippen molar-refractivity contribution in [1.82, 2.24) is 0 Å². The lowest BCUT2D eigenvalue weighted by atomic mass is 9.83. The van der Waals surface area contributed by atoms with Crippen LogP contribution in [0.25, 0.3) is 0 Å². The highest BCUT2D eigenvalue weighted by Gasteiger charge is 2.60. The number of fused-ring (bicyclic) bond motifs is 2. The number of carboxylic acid groups (broad SMARTS) is 1. The highest BCUT2D eigenvalue weighted by molar-refractivity contribution is 6.77. The van der Waals surface area contributed by atoms with Crippen molar-refractivity contribution in [2.45, 2.75) is 25.2 Å². The fourth-order valence-electron chi connectivity index (χ4n) is 3.83. The fourth-order valence-corrected chi connectivity index (χ4v) is 6.78. The first-order chi connectivity index (χ1) is 8.29. The van der Waals surface area contributed by atoms with E-state index in [0.29, 0.717) is 5.54 Å². The Bertz CT molecular complexity index is 410. The lowest BCUT2D eigenvalue weighted by molar-refractivity contribution is -0.156. The third-order valence-electron chi connectivity index (χ3n) is 4.36. The molecular formula is C13H20O4Si. The van der Waals surface area contributed by atoms with Gasteiger partial charge in [-0.25, -0.2) is 0 Å². The SMILES string of the molecule is COC(=O)[C@H]1[C@H]2C=C[C@@H]([C@H]1C(=O)O)[C@@H]2[Si](C)(C)C. The van der Waals surface area contributed by atoms with Crippen molar-refractivity contribution in [3.63, 3.8) is 0 Å². The van der Waals surface area contributed by atoms with Gasteiger partial charge in [0.25, 0.3) is 0 Å². The van der Waals surface area contributed by atoms with Crippen LogP contribution in [-0.2, 0) is 14.3 Å². The molecule has 4 nitrogen and oxygen atoms in total. The zero-order chi connectivity index (χ0) is 13.7. The molecule has 5 atom stereocenters. The van der Waals surface area contributed by atoms with Crippen LogP contribution in [0, 0.1) is 23.7 Å². The van der Waals surface area contributed by atoms with Gasteiger partial charge in [0.1, 0.15) is 0 Å². The maximum absolute atomic E-state index is 11.9. The number of hydrogen-bond acceptors (Lipinski definition) is 3. The summed E-state index contributed by atoms with van der Waals surface area (Å²) in [7, 11) is -0.176. The summed E-state index contributed by atoms with van der Waals surface area (Å²) in [5.41, 5.74) is 0.336. The Balaban J connectivity index is 2.40. The van der Waals surface area contributed by atoms with Crippen LogP contribution < -0.4 is 0 Å². The van der Waals surface area contributed by atoms with Crippen LogP contribution in [0.5, 0.6) is 0 Å². The minimum Gasteiger partial charge on any atom is -0.481 e. The van der Waals surface area contributed by atoms with E-state index in [0.717, 1.165) is 0 Å². The minimum atomic E-state index is -1.51. The van der Waals surface area contributed by atoms with E-state index >= 15 is 0 Å². The summed E-state index contributed by atoms with van der Waals surface area (Å²) in [5, 5.41) is 9.41. The van der Waals surface area contributed by atoms with E-state index in [4.69, 9.17) is 4.74 Å². The largest absolute Gasteiger partial charge is 0.481 e. The number of methoxy groups -OCH3 is 1. The number of rotatable bonds is 3. The number of esters is 1. The molecule has 0 heterocycles. The topological polar surface area (TPSA) is 63.6 Å². The van der Waals surface area contributed by atoms with Crippen molar-refractivity contribution in [2.75, 3.05) is 7.11 Å². The number of allylic oxidation sites excluding steroid dienone is 2. The smallest absolute Gasteiger partial charge is 0.310 e. The highest BCUT2D eigenvalue weighted by Crippen LogP contribution is 2.59. The molecule has 18 heavy (non-hydrogen) atoms. The normalized spacial score (nSPS) is 37.9. The Hall–Kier alpha value is -1.10. The molecule has 1 N–H and O–H groups in total. The number of carbonyl (C=O) groups excluding carboxylic acids is 1. The van der Waals surface area contributed by atoms with Gasteiger partial charge in [0.05, 0.1) is 18.9 Å². The monoisotopic (exact) mass is 268 g/mol. The molecule has 2 rings (SSSR count). The molecule has 0 aliphatic heterocycles. The first-order valence-electron chi connectivity index (χ1n) is 6.28. The molecule has 0 spiro atoms. The lowest BCUT2D eigenvalue weighted by Gasteiger charge is -2.29. The number of aliphatic carboxylic acids is 1. The van der Waals surface area contributed by atoms with Crippen molar-refractivity contribution in [2.24, 2.45) is 23.7 Å². The predicted molar refractivity (Wildman–Crippen MR) is 69.8 cm³/mol. The third-order valence-corrected chi connectivity index (χ3v) is 7.13. The average Bonchev–Trinajstić information content (AvgIpc) is 2.81. The van der Waals surface area contributed by atoms with E-state index in [2.05, 4.69) is 19.6 Å². The second-order valence-corrected chi connectivity index (χ2v) is 11.7. The molecule has 0 aromatic rings. The Kier molecular flexibility index (Phi) is 3.13. The maximum Gasteiger partial charge on any atom is 0.310 e. The van der Waals surface area contributed by atoms with E-state index in [-0.39, 0.29) is 17.8 Å². The van der Waals surface area contributed by atoms with Gasteiger partial charge in [0.2, 0.25) is 0 Å². The summed E-state index contributed by atoms with van der Waals surface area (Å²) in [6.45, 7) is 6.72. The molecule has 0 aromatic heterocycles. The standard InChI is InChI=1S/C13H20O4Si/c1-17-13(16)10-8-6-5-7(9(10)12(14)15)11(8)18(2,3)4/h5-11H,1-4H3,(H,14,15)/t7-,8+,9+,10-,11-/m0/s1. The van der Waals surface area contributed by atoms with E-state index in [1.807, 2.05) is 12.2 Å². The van der Waals surface area contributed by atoms with Crippen LogP contribution >= 0.6 is 0 Å². The quantitative estimate of drug-likeness (QED) is 0.483. The third kappa shape index (κ3) is 1.81.